The molecule has 2 N–H and O–H groups in total. The van der Waals surface area contributed by atoms with E-state index in [4.69, 9.17) is 11.6 Å². The lowest BCUT2D eigenvalue weighted by Crippen LogP contribution is -2.39. The number of nitrogens with one attached hydrogen (secondary N) is 2. The van der Waals surface area contributed by atoms with Crippen molar-refractivity contribution in [2.75, 3.05) is 25.9 Å². The first-order chi connectivity index (χ1) is 12.0. The summed E-state index contributed by atoms with van der Waals surface area (Å²) in [6.07, 6.45) is 0.936. The lowest BCUT2D eigenvalue weighted by atomic mass is 10.1. The average molecular weight is 508 g/mol. The largest absolute Gasteiger partial charge is 0.356 e. The Bertz CT molecular complexity index is 715. The molecule has 0 saturated heterocycles. The molecule has 0 unspecified atom stereocenters. The zero-order valence-electron chi connectivity index (χ0n) is 15.7. The lowest BCUT2D eigenvalue weighted by Gasteiger charge is -2.12. The molecule has 1 heterocycles. The van der Waals surface area contributed by atoms with E-state index in [1.54, 1.807) is 18.8 Å². The summed E-state index contributed by atoms with van der Waals surface area (Å²) in [7, 11) is 3.78. The third-order valence-corrected chi connectivity index (χ3v) is 5.29. The van der Waals surface area contributed by atoms with Gasteiger partial charge in [0.25, 0.3) is 0 Å². The van der Waals surface area contributed by atoms with Crippen LogP contribution < -0.4 is 10.6 Å². The average Bonchev–Trinajstić information content (AvgIpc) is 2.84. The maximum Gasteiger partial charge on any atom is 0.191 e. The summed E-state index contributed by atoms with van der Waals surface area (Å²) in [5, 5.41) is 11.9. The normalized spacial score (nSPS) is 11.2. The van der Waals surface area contributed by atoms with E-state index in [9.17, 15) is 0 Å². The minimum Gasteiger partial charge on any atom is -0.356 e. The fourth-order valence-corrected chi connectivity index (χ4v) is 3.47. The number of hydrogen-bond donors (Lipinski definition) is 2. The smallest absolute Gasteiger partial charge is 0.191 e. The molecule has 2 aromatic rings. The molecule has 8 heteroatoms. The van der Waals surface area contributed by atoms with E-state index >= 15 is 0 Å². The number of nitrogens with zero attached hydrogens (tertiary/aromatic N) is 3. The van der Waals surface area contributed by atoms with Gasteiger partial charge < -0.3 is 10.6 Å². The molecular weight excluding hydrogens is 481 g/mol. The van der Waals surface area contributed by atoms with Crippen LogP contribution in [0.25, 0.3) is 0 Å². The van der Waals surface area contributed by atoms with E-state index in [1.165, 1.54) is 16.2 Å². The molecule has 0 atom stereocenters. The summed E-state index contributed by atoms with van der Waals surface area (Å²) in [4.78, 5) is 5.49. The van der Waals surface area contributed by atoms with E-state index < -0.39 is 0 Å². The second-order valence-electron chi connectivity index (χ2n) is 5.75. The first-order valence-electron chi connectivity index (χ1n) is 8.33. The van der Waals surface area contributed by atoms with E-state index in [2.05, 4.69) is 34.6 Å². The van der Waals surface area contributed by atoms with Gasteiger partial charge in [-0.25, -0.2) is 0 Å². The highest BCUT2D eigenvalue weighted by atomic mass is 127. The first-order valence-corrected chi connectivity index (χ1v) is 9.69. The van der Waals surface area contributed by atoms with Crippen LogP contribution in [0, 0.1) is 13.8 Å². The maximum absolute atomic E-state index is 5.90. The van der Waals surface area contributed by atoms with Crippen molar-refractivity contribution in [1.82, 2.24) is 20.4 Å². The van der Waals surface area contributed by atoms with E-state index in [-0.39, 0.29) is 24.0 Å². The Morgan fingerprint density at radius 1 is 1.19 bits per heavy atom. The Kier molecular flexibility index (Phi) is 10.4. The fourth-order valence-electron chi connectivity index (χ4n) is 2.57. The standard InChI is InChI=1S/C18H26ClN5S.HI/c1-13-17(14(2)24(4)23-13)9-10-21-18(20-3)22-11-12-25-16-7-5-15(19)6-8-16;/h5-8H,9-12H2,1-4H3,(H2,20,21,22);1H. The van der Waals surface area contributed by atoms with Gasteiger partial charge in [-0.3, -0.25) is 9.67 Å². The predicted octanol–water partition coefficient (Wildman–Crippen LogP) is 3.81. The number of aryl methyl sites for hydroxylation is 2. The van der Waals surface area contributed by atoms with Crippen LogP contribution in [0.4, 0.5) is 0 Å². The van der Waals surface area contributed by atoms with Crippen LogP contribution in [-0.4, -0.2) is 41.6 Å². The summed E-state index contributed by atoms with van der Waals surface area (Å²) in [5.41, 5.74) is 3.63. The van der Waals surface area contributed by atoms with Gasteiger partial charge in [-0.1, -0.05) is 11.6 Å². The SMILES string of the molecule is CN=C(NCCSc1ccc(Cl)cc1)NCCc1c(C)nn(C)c1C.I. The molecule has 0 aliphatic carbocycles. The third-order valence-electron chi connectivity index (χ3n) is 4.03. The van der Waals surface area contributed by atoms with Crippen molar-refractivity contribution < 1.29 is 0 Å². The number of rotatable bonds is 7. The highest BCUT2D eigenvalue weighted by molar-refractivity contribution is 14.0. The zero-order chi connectivity index (χ0) is 18.2. The quantitative estimate of drug-likeness (QED) is 0.197. The van der Waals surface area contributed by atoms with Gasteiger partial charge in [-0.05, 0) is 50.1 Å². The van der Waals surface area contributed by atoms with Crippen molar-refractivity contribution in [3.8, 4) is 0 Å². The van der Waals surface area contributed by atoms with Crippen molar-refractivity contribution >= 4 is 53.3 Å². The predicted molar refractivity (Wildman–Crippen MR) is 123 cm³/mol. The van der Waals surface area contributed by atoms with Crippen molar-refractivity contribution in [2.45, 2.75) is 25.2 Å². The number of thioether (sulfide) groups is 1. The van der Waals surface area contributed by atoms with E-state index in [0.717, 1.165) is 41.9 Å². The van der Waals surface area contributed by atoms with Crippen molar-refractivity contribution in [3.63, 3.8) is 0 Å². The number of aliphatic imine (C=N–C) groups is 1. The van der Waals surface area contributed by atoms with Gasteiger partial charge in [0, 0.05) is 48.5 Å². The zero-order valence-corrected chi connectivity index (χ0v) is 19.6. The monoisotopic (exact) mass is 507 g/mol. The Labute approximate surface area is 182 Å². The molecule has 0 fully saturated rings. The number of benzene rings is 1. The topological polar surface area (TPSA) is 54.2 Å². The van der Waals surface area contributed by atoms with Gasteiger partial charge in [-0.15, -0.1) is 35.7 Å². The molecule has 5 nitrogen and oxygen atoms in total. The highest BCUT2D eigenvalue weighted by Gasteiger charge is 2.09. The molecule has 0 saturated carbocycles. The highest BCUT2D eigenvalue weighted by Crippen LogP contribution is 2.19. The minimum atomic E-state index is 0. The Hall–Kier alpha value is -0.930. The van der Waals surface area contributed by atoms with Gasteiger partial charge >= 0.3 is 0 Å². The molecule has 0 bridgehead atoms. The molecular formula is C18H27ClIN5S. The maximum atomic E-state index is 5.90. The molecule has 26 heavy (non-hydrogen) atoms. The molecule has 0 radical (unpaired) electrons. The second-order valence-corrected chi connectivity index (χ2v) is 7.36. The molecule has 0 aliphatic rings. The number of guanidine groups is 1. The lowest BCUT2D eigenvalue weighted by molar-refractivity contribution is 0.729. The van der Waals surface area contributed by atoms with Gasteiger partial charge in [0.05, 0.1) is 5.69 Å². The number of aromatic nitrogens is 2. The summed E-state index contributed by atoms with van der Waals surface area (Å²) in [5.74, 6) is 1.79. The van der Waals surface area contributed by atoms with Crippen molar-refractivity contribution in [2.24, 2.45) is 12.0 Å². The van der Waals surface area contributed by atoms with Crippen molar-refractivity contribution in [3.05, 3.63) is 46.2 Å². The van der Waals surface area contributed by atoms with Gasteiger partial charge in [-0.2, -0.15) is 5.10 Å². The van der Waals surface area contributed by atoms with Crippen LogP contribution in [0.3, 0.4) is 0 Å². The van der Waals surface area contributed by atoms with Crippen LogP contribution in [-0.2, 0) is 13.5 Å². The summed E-state index contributed by atoms with van der Waals surface area (Å²) in [6.45, 7) is 5.84. The molecule has 0 spiro atoms. The summed E-state index contributed by atoms with van der Waals surface area (Å²) >= 11 is 7.69. The van der Waals surface area contributed by atoms with Crippen LogP contribution in [0.15, 0.2) is 34.2 Å². The van der Waals surface area contributed by atoms with Crippen LogP contribution >= 0.6 is 47.3 Å². The molecule has 0 aliphatic heterocycles. The number of halogens is 2. The van der Waals surface area contributed by atoms with E-state index in [1.807, 2.05) is 36.0 Å². The fraction of sp³-hybridized carbons (Fsp3) is 0.444. The Morgan fingerprint density at radius 2 is 1.85 bits per heavy atom. The molecule has 0 amide bonds. The van der Waals surface area contributed by atoms with Gasteiger partial charge in [0.15, 0.2) is 5.96 Å². The molecule has 2 rings (SSSR count). The third kappa shape index (κ3) is 7.00. The van der Waals surface area contributed by atoms with Crippen LogP contribution in [0.5, 0.6) is 0 Å². The second kappa shape index (κ2) is 11.7. The minimum absolute atomic E-state index is 0. The summed E-state index contributed by atoms with van der Waals surface area (Å²) < 4.78 is 1.94. The van der Waals surface area contributed by atoms with Crippen molar-refractivity contribution in [1.29, 1.82) is 0 Å². The molecule has 1 aromatic heterocycles. The molecule has 1 aromatic carbocycles. The summed E-state index contributed by atoms with van der Waals surface area (Å²) in [6, 6.07) is 7.91. The first kappa shape index (κ1) is 23.1. The molecule has 144 valence electrons. The van der Waals surface area contributed by atoms with Gasteiger partial charge in [0.1, 0.15) is 0 Å². The Morgan fingerprint density at radius 3 is 2.42 bits per heavy atom. The van der Waals surface area contributed by atoms with E-state index in [0.29, 0.717) is 0 Å². The van der Waals surface area contributed by atoms with Crippen LogP contribution in [0.2, 0.25) is 5.02 Å². The Balaban J connectivity index is 0.00000338. The van der Waals surface area contributed by atoms with Crippen LogP contribution in [0.1, 0.15) is 17.0 Å². The number of hydrogen-bond acceptors (Lipinski definition) is 3. The van der Waals surface area contributed by atoms with Gasteiger partial charge in [0.2, 0.25) is 0 Å².